The topological polar surface area (TPSA) is 174 Å². The number of thioether (sulfide) groups is 2. The van der Waals surface area contributed by atoms with Gasteiger partial charge in [-0.2, -0.15) is 0 Å². The minimum absolute atomic E-state index is 0.00617. The molecule has 2 aliphatic heterocycles. The van der Waals surface area contributed by atoms with Crippen molar-refractivity contribution < 1.29 is 33.5 Å². The Bertz CT molecular complexity index is 1620. The fraction of sp³-hybridized carbons (Fsp3) is 0.308. The van der Waals surface area contributed by atoms with Crippen molar-refractivity contribution in [2.45, 2.75) is 29.3 Å². The number of hydrogen-bond donors (Lipinski definition) is 2. The van der Waals surface area contributed by atoms with Crippen LogP contribution in [0.5, 0.6) is 5.75 Å². The maximum atomic E-state index is 13.5. The van der Waals surface area contributed by atoms with E-state index < -0.39 is 29.2 Å². The molecule has 44 heavy (non-hydrogen) atoms. The van der Waals surface area contributed by atoms with Crippen molar-refractivity contribution in [3.05, 3.63) is 57.2 Å². The van der Waals surface area contributed by atoms with Gasteiger partial charge in [0.2, 0.25) is 6.41 Å². The highest BCUT2D eigenvalue weighted by molar-refractivity contribution is 8.01. The summed E-state index contributed by atoms with van der Waals surface area (Å²) in [7, 11) is 2.84. The zero-order valence-corrected chi connectivity index (χ0v) is 26.7. The summed E-state index contributed by atoms with van der Waals surface area (Å²) in [5.41, 5.74) is 1.60. The zero-order chi connectivity index (χ0) is 31.2. The molecule has 4 heterocycles. The average molecular weight is 676 g/mol. The molecule has 230 valence electrons. The van der Waals surface area contributed by atoms with E-state index in [4.69, 9.17) is 14.3 Å². The first kappa shape index (κ1) is 31.4. The van der Waals surface area contributed by atoms with Crippen LogP contribution >= 0.6 is 46.2 Å². The average Bonchev–Trinajstić information content (AvgIpc) is 3.68. The number of benzene rings is 1. The summed E-state index contributed by atoms with van der Waals surface area (Å²) < 4.78 is 11.6. The molecule has 0 spiro atoms. The second kappa shape index (κ2) is 14.2. The molecule has 0 aliphatic carbocycles. The molecule has 2 aliphatic rings. The van der Waals surface area contributed by atoms with Crippen LogP contribution < -0.4 is 15.4 Å². The van der Waals surface area contributed by atoms with Crippen LogP contribution in [-0.4, -0.2) is 87.1 Å². The van der Waals surface area contributed by atoms with Gasteiger partial charge in [0.15, 0.2) is 15.2 Å². The Morgan fingerprint density at radius 2 is 2.02 bits per heavy atom. The van der Waals surface area contributed by atoms with E-state index in [-0.39, 0.29) is 28.8 Å². The van der Waals surface area contributed by atoms with Crippen molar-refractivity contribution in [2.24, 2.45) is 5.16 Å². The number of anilines is 1. The molecule has 0 bridgehead atoms. The van der Waals surface area contributed by atoms with E-state index in [9.17, 15) is 19.2 Å². The van der Waals surface area contributed by atoms with Crippen LogP contribution in [0.15, 0.2) is 50.4 Å². The summed E-state index contributed by atoms with van der Waals surface area (Å²) in [5, 5.41) is 19.1. The first-order valence-corrected chi connectivity index (χ1v) is 16.5. The predicted octanol–water partition coefficient (Wildman–Crippen LogP) is 2.42. The highest BCUT2D eigenvalue weighted by Gasteiger charge is 2.54. The molecule has 1 fully saturated rings. The predicted molar refractivity (Wildman–Crippen MR) is 166 cm³/mol. The Hall–Kier alpha value is -4.00. The summed E-state index contributed by atoms with van der Waals surface area (Å²) >= 11 is 5.37. The van der Waals surface area contributed by atoms with Crippen LogP contribution in [0.4, 0.5) is 5.13 Å². The van der Waals surface area contributed by atoms with Crippen molar-refractivity contribution in [3.8, 4) is 5.75 Å². The van der Waals surface area contributed by atoms with Gasteiger partial charge in [0.05, 0.1) is 7.11 Å². The molecule has 3 aromatic rings. The largest absolute Gasteiger partial charge is 0.497 e. The normalized spacial score (nSPS) is 17.8. The number of ether oxygens (including phenoxy) is 2. The Morgan fingerprint density at radius 1 is 1.23 bits per heavy atom. The Morgan fingerprint density at radius 3 is 2.70 bits per heavy atom. The van der Waals surface area contributed by atoms with Gasteiger partial charge in [-0.05, 0) is 30.2 Å². The molecule has 2 unspecified atom stereocenters. The SMILES string of the molecule is CO/N=C(\C(=O)NC1C(=O)N2C(C(=O)OCc3ccc(OC)cc3)=C(CSc3nnc(C)s3)CSC12)c1csc(NC=O)n1. The van der Waals surface area contributed by atoms with Gasteiger partial charge in [-0.25, -0.2) is 9.78 Å². The maximum absolute atomic E-state index is 13.5. The number of oxime groups is 1. The number of nitrogens with zero attached hydrogens (tertiary/aromatic N) is 5. The van der Waals surface area contributed by atoms with E-state index in [2.05, 4.69) is 31.0 Å². The lowest BCUT2D eigenvalue weighted by atomic mass is 10.0. The standard InChI is InChI=1S/C26H25N7O7S4/c1-13-30-31-26(44-13)43-10-15-9-41-23-19(29-21(35)18(32-39-3)17-11-42-25(28-17)27-12-34)22(36)33(23)20(15)24(37)40-8-14-4-6-16(38-2)7-5-14/h4-7,11-12,19,23H,8-10H2,1-3H3,(H,29,35)(H,27,28,34)/b32-18-. The number of carbonyl (C=O) groups is 4. The lowest BCUT2D eigenvalue weighted by Gasteiger charge is -2.49. The molecule has 14 nitrogen and oxygen atoms in total. The lowest BCUT2D eigenvalue weighted by Crippen LogP contribution is -2.71. The van der Waals surface area contributed by atoms with Crippen molar-refractivity contribution in [3.63, 3.8) is 0 Å². The number of β-lactam (4-membered cyclic amide) rings is 1. The third-order valence-corrected chi connectivity index (χ3v) is 10.4. The summed E-state index contributed by atoms with van der Waals surface area (Å²) in [6, 6.07) is 6.16. The minimum atomic E-state index is -0.940. The number of nitrogens with one attached hydrogen (secondary N) is 2. The second-order valence-electron chi connectivity index (χ2n) is 9.04. The molecular weight excluding hydrogens is 651 g/mol. The van der Waals surface area contributed by atoms with Gasteiger partial charge in [-0.1, -0.05) is 40.4 Å². The molecule has 5 rings (SSSR count). The molecule has 2 N–H and O–H groups in total. The summed E-state index contributed by atoms with van der Waals surface area (Å²) in [5.74, 6) is -0.328. The molecule has 18 heteroatoms. The van der Waals surface area contributed by atoms with Crippen LogP contribution in [-0.2, 0) is 35.4 Å². The van der Waals surface area contributed by atoms with Gasteiger partial charge < -0.3 is 24.9 Å². The van der Waals surface area contributed by atoms with Gasteiger partial charge in [-0.3, -0.25) is 19.3 Å². The molecular formula is C26H25N7O7S4. The maximum Gasteiger partial charge on any atom is 0.355 e. The number of hydrogen-bond acceptors (Lipinski definition) is 15. The highest BCUT2D eigenvalue weighted by atomic mass is 32.2. The van der Waals surface area contributed by atoms with Crippen LogP contribution in [0, 0.1) is 6.92 Å². The van der Waals surface area contributed by atoms with E-state index >= 15 is 0 Å². The smallest absolute Gasteiger partial charge is 0.355 e. The fourth-order valence-electron chi connectivity index (χ4n) is 4.21. The van der Waals surface area contributed by atoms with Crippen LogP contribution in [0.3, 0.4) is 0 Å². The summed E-state index contributed by atoms with van der Waals surface area (Å²) in [4.78, 5) is 61.3. The van der Waals surface area contributed by atoms with Gasteiger partial charge in [0.1, 0.15) is 47.3 Å². The summed E-state index contributed by atoms with van der Waals surface area (Å²) in [6.07, 6.45) is 0.465. The molecule has 2 atom stereocenters. The van der Waals surface area contributed by atoms with E-state index in [0.29, 0.717) is 29.2 Å². The number of amides is 3. The van der Waals surface area contributed by atoms with Crippen molar-refractivity contribution >= 4 is 81.2 Å². The first-order chi connectivity index (χ1) is 21.3. The minimum Gasteiger partial charge on any atom is -0.497 e. The van der Waals surface area contributed by atoms with Crippen molar-refractivity contribution in [1.29, 1.82) is 0 Å². The van der Waals surface area contributed by atoms with Crippen LogP contribution in [0.1, 0.15) is 16.3 Å². The van der Waals surface area contributed by atoms with E-state index in [1.807, 2.05) is 6.92 Å². The lowest BCUT2D eigenvalue weighted by molar-refractivity contribution is -0.153. The van der Waals surface area contributed by atoms with Crippen molar-refractivity contribution in [2.75, 3.05) is 31.0 Å². The number of methoxy groups -OCH3 is 1. The van der Waals surface area contributed by atoms with Gasteiger partial charge in [0, 0.05) is 16.9 Å². The quantitative estimate of drug-likeness (QED) is 0.0677. The molecule has 2 aromatic heterocycles. The third kappa shape index (κ3) is 6.87. The van der Waals surface area contributed by atoms with E-state index in [1.54, 1.807) is 31.4 Å². The highest BCUT2D eigenvalue weighted by Crippen LogP contribution is 2.42. The number of esters is 1. The monoisotopic (exact) mass is 675 g/mol. The Balaban J connectivity index is 1.33. The Labute approximate surface area is 267 Å². The van der Waals surface area contributed by atoms with E-state index in [0.717, 1.165) is 26.2 Å². The van der Waals surface area contributed by atoms with Gasteiger partial charge >= 0.3 is 5.97 Å². The number of fused-ring (bicyclic) bond motifs is 1. The van der Waals surface area contributed by atoms with E-state index in [1.165, 1.54) is 52.3 Å². The number of aromatic nitrogens is 3. The van der Waals surface area contributed by atoms with Crippen LogP contribution in [0.25, 0.3) is 0 Å². The summed E-state index contributed by atoms with van der Waals surface area (Å²) in [6.45, 7) is 1.85. The Kier molecular flexibility index (Phi) is 10.1. The molecule has 0 radical (unpaired) electrons. The van der Waals surface area contributed by atoms with Crippen LogP contribution in [0.2, 0.25) is 0 Å². The van der Waals surface area contributed by atoms with Gasteiger partial charge in [-0.15, -0.1) is 33.3 Å². The molecule has 0 saturated carbocycles. The second-order valence-corrected chi connectivity index (χ2v) is 13.4. The molecule has 1 saturated heterocycles. The van der Waals surface area contributed by atoms with Crippen molar-refractivity contribution in [1.82, 2.24) is 25.4 Å². The number of aryl methyl sites for hydroxylation is 1. The number of thiazole rings is 1. The van der Waals surface area contributed by atoms with Gasteiger partial charge in [0.25, 0.3) is 11.8 Å². The third-order valence-electron chi connectivity index (χ3n) is 6.26. The first-order valence-electron chi connectivity index (χ1n) is 12.8. The number of carbonyl (C=O) groups excluding carboxylic acids is 4. The molecule has 1 aromatic carbocycles. The fourth-order valence-corrected chi connectivity index (χ4v) is 8.17. The zero-order valence-electron chi connectivity index (χ0n) is 23.5. The number of rotatable bonds is 13. The molecule has 3 amide bonds.